The van der Waals surface area contributed by atoms with Gasteiger partial charge in [-0.05, 0) is 18.2 Å². The van der Waals surface area contributed by atoms with Gasteiger partial charge < -0.3 is 0 Å². The molecule has 2 rings (SSSR count). The maximum atomic E-state index is 12.9. The van der Waals surface area contributed by atoms with Gasteiger partial charge in [0.15, 0.2) is 6.33 Å². The van der Waals surface area contributed by atoms with Gasteiger partial charge in [-0.25, -0.2) is 4.39 Å². The molecule has 0 atom stereocenters. The lowest BCUT2D eigenvalue weighted by molar-refractivity contribution is 0.628. The fraction of sp³-hybridized carbons (Fsp3) is 0. The number of halogens is 2. The van der Waals surface area contributed by atoms with E-state index in [1.165, 1.54) is 24.5 Å². The molecule has 6 heteroatoms. The van der Waals surface area contributed by atoms with Crippen LogP contribution in [0, 0.1) is 5.82 Å². The molecular weight excluding hydrogens is 207 g/mol. The molecule has 70 valence electrons. The summed E-state index contributed by atoms with van der Waals surface area (Å²) in [6.07, 6.45) is 1.19. The van der Waals surface area contributed by atoms with Crippen molar-refractivity contribution < 1.29 is 4.39 Å². The van der Waals surface area contributed by atoms with Crippen molar-refractivity contribution in [2.75, 3.05) is 0 Å². The van der Waals surface area contributed by atoms with E-state index in [0.717, 1.165) is 0 Å². The molecule has 2 aromatic rings. The molecule has 1 aromatic carbocycles. The average molecular weight is 211 g/mol. The molecular formula is C8H4ClFN4. The van der Waals surface area contributed by atoms with Crippen molar-refractivity contribution in [3.63, 3.8) is 0 Å². The minimum Gasteiger partial charge on any atom is -0.207 e. The lowest BCUT2D eigenvalue weighted by atomic mass is 10.2. The number of nitrogens with zero attached hydrogens (tertiary/aromatic N) is 4. The fourth-order valence-electron chi connectivity index (χ4n) is 0.981. The summed E-state index contributed by atoms with van der Waals surface area (Å²) in [5.74, 6) is -0.200. The third-order valence-electron chi connectivity index (χ3n) is 1.58. The van der Waals surface area contributed by atoms with Gasteiger partial charge in [-0.2, -0.15) is 0 Å². The van der Waals surface area contributed by atoms with E-state index in [-0.39, 0.29) is 5.82 Å². The number of aromatic nitrogens is 4. The smallest absolute Gasteiger partial charge is 0.205 e. The molecule has 0 aliphatic rings. The van der Waals surface area contributed by atoms with Gasteiger partial charge in [-0.1, -0.05) is 11.6 Å². The molecule has 0 aliphatic heterocycles. The molecule has 14 heavy (non-hydrogen) atoms. The fourth-order valence-corrected chi connectivity index (χ4v) is 1.18. The highest BCUT2D eigenvalue weighted by Crippen LogP contribution is 2.24. The topological polar surface area (TPSA) is 51.6 Å². The van der Waals surface area contributed by atoms with Crippen LogP contribution >= 0.6 is 11.6 Å². The molecule has 0 fully saturated rings. The largest absolute Gasteiger partial charge is 0.207 e. The lowest BCUT2D eigenvalue weighted by Crippen LogP contribution is -1.94. The van der Waals surface area contributed by atoms with Crippen LogP contribution in [0.25, 0.3) is 11.4 Å². The Bertz CT molecular complexity index is 448. The number of benzene rings is 1. The Morgan fingerprint density at radius 1 is 1.14 bits per heavy atom. The molecule has 0 spiro atoms. The van der Waals surface area contributed by atoms with Crippen LogP contribution in [0.4, 0.5) is 4.39 Å². The van der Waals surface area contributed by atoms with Crippen LogP contribution in [0.2, 0.25) is 5.02 Å². The minimum atomic E-state index is -0.406. The summed E-state index contributed by atoms with van der Waals surface area (Å²) in [5.41, 5.74) is 0.382. The summed E-state index contributed by atoms with van der Waals surface area (Å²) in [6.45, 7) is 0. The Labute approximate surface area is 83.8 Å². The molecule has 0 amide bonds. The molecule has 0 bridgehead atoms. The summed E-state index contributed by atoms with van der Waals surface area (Å²) in [6, 6.07) is 3.93. The molecule has 0 aliphatic carbocycles. The molecule has 4 nitrogen and oxygen atoms in total. The minimum absolute atomic E-state index is 0.206. The zero-order valence-electron chi connectivity index (χ0n) is 6.85. The van der Waals surface area contributed by atoms with Crippen LogP contribution in [0.15, 0.2) is 24.5 Å². The summed E-state index contributed by atoms with van der Waals surface area (Å²) < 4.78 is 12.9. The third-order valence-corrected chi connectivity index (χ3v) is 1.91. The predicted molar refractivity (Wildman–Crippen MR) is 48.0 cm³/mol. The molecule has 0 saturated heterocycles. The molecule has 1 heterocycles. The second-order valence-electron chi connectivity index (χ2n) is 2.49. The highest BCUT2D eigenvalue weighted by atomic mass is 35.5. The summed E-state index contributed by atoms with van der Waals surface area (Å²) in [4.78, 5) is 0. The molecule has 0 unspecified atom stereocenters. The van der Waals surface area contributed by atoms with Gasteiger partial charge in [0.25, 0.3) is 0 Å². The normalized spacial score (nSPS) is 10.1. The first kappa shape index (κ1) is 8.96. The summed E-state index contributed by atoms with van der Waals surface area (Å²) >= 11 is 5.83. The van der Waals surface area contributed by atoms with Crippen molar-refractivity contribution >= 4 is 11.6 Å². The SMILES string of the molecule is Fc1ccc(Cl)c(-c2nncnn2)c1. The van der Waals surface area contributed by atoms with Gasteiger partial charge in [-0.3, -0.25) is 0 Å². The summed E-state index contributed by atoms with van der Waals surface area (Å²) in [5, 5.41) is 14.8. The van der Waals surface area contributed by atoms with Gasteiger partial charge in [0.2, 0.25) is 5.82 Å². The predicted octanol–water partition coefficient (Wildman–Crippen LogP) is 1.73. The van der Waals surface area contributed by atoms with Crippen molar-refractivity contribution in [2.45, 2.75) is 0 Å². The lowest BCUT2D eigenvalue weighted by Gasteiger charge is -1.99. The zero-order chi connectivity index (χ0) is 9.97. The van der Waals surface area contributed by atoms with E-state index in [1.54, 1.807) is 0 Å². The molecule has 0 saturated carbocycles. The molecule has 1 aromatic heterocycles. The van der Waals surface area contributed by atoms with E-state index in [2.05, 4.69) is 20.4 Å². The van der Waals surface area contributed by atoms with Crippen molar-refractivity contribution in [3.8, 4) is 11.4 Å². The molecule has 0 radical (unpaired) electrons. The second kappa shape index (κ2) is 3.63. The van der Waals surface area contributed by atoms with E-state index in [1.807, 2.05) is 0 Å². The maximum absolute atomic E-state index is 12.9. The van der Waals surface area contributed by atoms with Gasteiger partial charge in [0, 0.05) is 5.56 Å². The maximum Gasteiger partial charge on any atom is 0.205 e. The summed E-state index contributed by atoms with van der Waals surface area (Å²) in [7, 11) is 0. The van der Waals surface area contributed by atoms with E-state index in [9.17, 15) is 4.39 Å². The number of hydrogen-bond donors (Lipinski definition) is 0. The zero-order valence-corrected chi connectivity index (χ0v) is 7.61. The van der Waals surface area contributed by atoms with Crippen molar-refractivity contribution in [2.24, 2.45) is 0 Å². The van der Waals surface area contributed by atoms with E-state index >= 15 is 0 Å². The third kappa shape index (κ3) is 1.67. The Balaban J connectivity index is 2.57. The van der Waals surface area contributed by atoms with Crippen molar-refractivity contribution in [1.29, 1.82) is 0 Å². The van der Waals surface area contributed by atoms with Gasteiger partial charge >= 0.3 is 0 Å². The number of hydrogen-bond acceptors (Lipinski definition) is 4. The van der Waals surface area contributed by atoms with E-state index in [0.29, 0.717) is 10.6 Å². The van der Waals surface area contributed by atoms with Crippen LogP contribution in [-0.2, 0) is 0 Å². The quantitative estimate of drug-likeness (QED) is 0.719. The van der Waals surface area contributed by atoms with Crippen molar-refractivity contribution in [1.82, 2.24) is 20.4 Å². The van der Waals surface area contributed by atoms with E-state index in [4.69, 9.17) is 11.6 Å². The Kier molecular flexibility index (Phi) is 2.32. The Hall–Kier alpha value is -1.62. The highest BCUT2D eigenvalue weighted by molar-refractivity contribution is 6.33. The van der Waals surface area contributed by atoms with Crippen LogP contribution < -0.4 is 0 Å². The Morgan fingerprint density at radius 3 is 2.57 bits per heavy atom. The van der Waals surface area contributed by atoms with E-state index < -0.39 is 5.82 Å². The second-order valence-corrected chi connectivity index (χ2v) is 2.90. The van der Waals surface area contributed by atoms with Gasteiger partial charge in [0.1, 0.15) is 5.82 Å². The van der Waals surface area contributed by atoms with Gasteiger partial charge in [-0.15, -0.1) is 20.4 Å². The first-order valence-corrected chi connectivity index (χ1v) is 4.11. The van der Waals surface area contributed by atoms with Crippen LogP contribution in [0.5, 0.6) is 0 Å². The monoisotopic (exact) mass is 210 g/mol. The van der Waals surface area contributed by atoms with Crippen LogP contribution in [0.3, 0.4) is 0 Å². The van der Waals surface area contributed by atoms with Crippen LogP contribution in [0.1, 0.15) is 0 Å². The number of rotatable bonds is 1. The van der Waals surface area contributed by atoms with Gasteiger partial charge in [0.05, 0.1) is 5.02 Å². The highest BCUT2D eigenvalue weighted by Gasteiger charge is 2.07. The van der Waals surface area contributed by atoms with Crippen molar-refractivity contribution in [3.05, 3.63) is 35.4 Å². The first-order chi connectivity index (χ1) is 6.77. The molecule has 0 N–H and O–H groups in total. The first-order valence-electron chi connectivity index (χ1n) is 3.73. The van der Waals surface area contributed by atoms with Crippen LogP contribution in [-0.4, -0.2) is 20.4 Å². The standard InChI is InChI=1S/C8H4ClFN4/c9-7-2-1-5(10)3-6(7)8-13-11-4-12-14-8/h1-4H. The Morgan fingerprint density at radius 2 is 1.86 bits per heavy atom. The average Bonchev–Trinajstić information content (AvgIpc) is 2.23.